The quantitative estimate of drug-likeness (QED) is 0.152. The maximum atomic E-state index is 5.49. The molecule has 4 aromatic heterocycles. The second-order valence-electron chi connectivity index (χ2n) is 18.6. The van der Waals surface area contributed by atoms with Gasteiger partial charge in [-0.25, -0.2) is 9.97 Å². The Bertz CT molecular complexity index is 4300. The van der Waals surface area contributed by atoms with E-state index in [4.69, 9.17) is 9.97 Å². The first-order chi connectivity index (χ1) is 35.7. The smallest absolute Gasteiger partial charge is 0.0716 e. The summed E-state index contributed by atoms with van der Waals surface area (Å²) >= 11 is 0. The third-order valence-corrected chi connectivity index (χ3v) is 14.3. The first-order valence-corrected chi connectivity index (χ1v) is 24.6. The van der Waals surface area contributed by atoms with Crippen molar-refractivity contribution in [2.75, 3.05) is 0 Å². The zero-order valence-electron chi connectivity index (χ0n) is 39.2. The summed E-state index contributed by atoms with van der Waals surface area (Å²) in [4.78, 5) is 10.8. The fourth-order valence-corrected chi connectivity index (χ4v) is 10.9. The molecule has 72 heavy (non-hydrogen) atoms. The van der Waals surface area contributed by atoms with Crippen LogP contribution < -0.4 is 0 Å². The van der Waals surface area contributed by atoms with Crippen molar-refractivity contribution in [3.8, 4) is 78.5 Å². The number of aromatic nitrogens is 4. The molecule has 4 nitrogen and oxygen atoms in total. The molecule has 10 aromatic carbocycles. The van der Waals surface area contributed by atoms with E-state index in [0.717, 1.165) is 94.9 Å². The number of benzene rings is 10. The molecule has 4 heteroatoms. The molecule has 4 heterocycles. The largest absolute Gasteiger partial charge is 0.309 e. The SMILES string of the molecule is c1ccc(-c2cc(-c3ccccc3)nc(-c3cccc(-c4cc(-c5ccc6c(c5)c5ccccc5n6-c5ccccc5)nc5ccc(-c6ccc7c(c6)c6ccccc6n7-c6ccccc6)cc45)c3)c2)cc1. The van der Waals surface area contributed by atoms with Crippen LogP contribution in [0, 0.1) is 0 Å². The number of para-hydroxylation sites is 4. The van der Waals surface area contributed by atoms with E-state index in [2.05, 4.69) is 276 Å². The van der Waals surface area contributed by atoms with Crippen molar-refractivity contribution in [1.29, 1.82) is 0 Å². The molecule has 0 aliphatic rings. The van der Waals surface area contributed by atoms with Gasteiger partial charge in [0.25, 0.3) is 0 Å². The number of pyridine rings is 2. The molecule has 14 aromatic rings. The van der Waals surface area contributed by atoms with Crippen molar-refractivity contribution in [3.63, 3.8) is 0 Å². The summed E-state index contributed by atoms with van der Waals surface area (Å²) in [6.45, 7) is 0. The molecule has 336 valence electrons. The van der Waals surface area contributed by atoms with Crippen LogP contribution in [0.5, 0.6) is 0 Å². The highest BCUT2D eigenvalue weighted by molar-refractivity contribution is 6.12. The van der Waals surface area contributed by atoms with Gasteiger partial charge in [-0.05, 0) is 130 Å². The second kappa shape index (κ2) is 17.1. The molecular weight excluding hydrogens is 873 g/mol. The molecule has 0 N–H and O–H groups in total. The van der Waals surface area contributed by atoms with Crippen molar-refractivity contribution < 1.29 is 0 Å². The average molecular weight is 917 g/mol. The number of rotatable bonds is 8. The Morgan fingerprint density at radius 3 is 1.28 bits per heavy atom. The fourth-order valence-electron chi connectivity index (χ4n) is 10.9. The summed E-state index contributed by atoms with van der Waals surface area (Å²) in [5.74, 6) is 0. The van der Waals surface area contributed by atoms with Gasteiger partial charge in [0, 0.05) is 55.0 Å². The average Bonchev–Trinajstić information content (AvgIpc) is 3.98. The third-order valence-electron chi connectivity index (χ3n) is 14.3. The topological polar surface area (TPSA) is 35.6 Å². The van der Waals surface area contributed by atoms with E-state index in [1.807, 2.05) is 0 Å². The molecule has 0 amide bonds. The maximum absolute atomic E-state index is 5.49. The summed E-state index contributed by atoms with van der Waals surface area (Å²) in [6, 6.07) is 95.9. The molecule has 0 spiro atoms. The number of hydrogen-bond donors (Lipinski definition) is 0. The summed E-state index contributed by atoms with van der Waals surface area (Å²) in [5.41, 5.74) is 20.6. The van der Waals surface area contributed by atoms with E-state index < -0.39 is 0 Å². The van der Waals surface area contributed by atoms with Gasteiger partial charge in [-0.15, -0.1) is 0 Å². The van der Waals surface area contributed by atoms with Crippen LogP contribution in [0.4, 0.5) is 0 Å². The van der Waals surface area contributed by atoms with Crippen LogP contribution in [-0.2, 0) is 0 Å². The van der Waals surface area contributed by atoms with Gasteiger partial charge in [0.1, 0.15) is 0 Å². The van der Waals surface area contributed by atoms with Gasteiger partial charge in [-0.2, -0.15) is 0 Å². The first-order valence-electron chi connectivity index (χ1n) is 24.6. The summed E-state index contributed by atoms with van der Waals surface area (Å²) in [6.07, 6.45) is 0. The van der Waals surface area contributed by atoms with Crippen molar-refractivity contribution >= 4 is 54.5 Å². The third kappa shape index (κ3) is 7.08. The molecule has 0 saturated carbocycles. The predicted octanol–water partition coefficient (Wildman–Crippen LogP) is 17.8. The van der Waals surface area contributed by atoms with Crippen molar-refractivity contribution in [2.45, 2.75) is 0 Å². The van der Waals surface area contributed by atoms with Crippen LogP contribution in [0.15, 0.2) is 267 Å². The second-order valence-corrected chi connectivity index (χ2v) is 18.6. The maximum Gasteiger partial charge on any atom is 0.0716 e. The van der Waals surface area contributed by atoms with Crippen LogP contribution >= 0.6 is 0 Å². The van der Waals surface area contributed by atoms with Gasteiger partial charge in [-0.3, -0.25) is 0 Å². The summed E-state index contributed by atoms with van der Waals surface area (Å²) in [7, 11) is 0. The van der Waals surface area contributed by atoms with Crippen LogP contribution in [-0.4, -0.2) is 19.1 Å². The van der Waals surface area contributed by atoms with Gasteiger partial charge in [0.15, 0.2) is 0 Å². The van der Waals surface area contributed by atoms with E-state index in [-0.39, 0.29) is 0 Å². The van der Waals surface area contributed by atoms with Crippen LogP contribution in [0.1, 0.15) is 0 Å². The molecule has 0 saturated heterocycles. The lowest BCUT2D eigenvalue weighted by Crippen LogP contribution is -1.94. The predicted molar refractivity (Wildman–Crippen MR) is 301 cm³/mol. The van der Waals surface area contributed by atoms with Crippen LogP contribution in [0.2, 0.25) is 0 Å². The molecule has 0 atom stereocenters. The minimum absolute atomic E-state index is 0.916. The first kappa shape index (κ1) is 41.3. The molecular formula is C68H44N4. The Labute approximate surface area is 417 Å². The molecule has 0 aliphatic carbocycles. The fraction of sp³-hybridized carbons (Fsp3) is 0. The highest BCUT2D eigenvalue weighted by atomic mass is 15.0. The van der Waals surface area contributed by atoms with E-state index in [1.165, 1.54) is 38.1 Å². The molecule has 0 fully saturated rings. The van der Waals surface area contributed by atoms with Gasteiger partial charge < -0.3 is 9.13 Å². The van der Waals surface area contributed by atoms with E-state index in [0.29, 0.717) is 0 Å². The van der Waals surface area contributed by atoms with E-state index in [9.17, 15) is 0 Å². The van der Waals surface area contributed by atoms with Gasteiger partial charge in [0.2, 0.25) is 0 Å². The zero-order valence-corrected chi connectivity index (χ0v) is 39.2. The normalized spacial score (nSPS) is 11.6. The molecule has 14 rings (SSSR count). The Morgan fingerprint density at radius 2 is 0.653 bits per heavy atom. The lowest BCUT2D eigenvalue weighted by Gasteiger charge is -2.15. The van der Waals surface area contributed by atoms with Crippen molar-refractivity contribution in [1.82, 2.24) is 19.1 Å². The minimum atomic E-state index is 0.916. The lowest BCUT2D eigenvalue weighted by atomic mass is 9.93. The Morgan fingerprint density at radius 1 is 0.222 bits per heavy atom. The Balaban J connectivity index is 0.962. The Kier molecular flexibility index (Phi) is 9.82. The van der Waals surface area contributed by atoms with Gasteiger partial charge in [0.05, 0.1) is 44.7 Å². The standard InChI is InChI=1S/C68H44N4/c1-5-18-45(19-6-1)52-42-62(46-20-7-2-8-21-46)70-63(43-52)50-23-17-22-49(38-50)57-44-64(51-34-37-68-60(41-51)56-29-14-16-31-66(56)72(68)54-26-11-4-12-27-54)69-61-35-32-47(39-58(57)61)48-33-36-67-59(40-48)55-28-13-15-30-65(55)71(67)53-24-9-3-10-25-53/h1-44H. The van der Waals surface area contributed by atoms with Crippen molar-refractivity contribution in [3.05, 3.63) is 267 Å². The van der Waals surface area contributed by atoms with Crippen LogP contribution in [0.25, 0.3) is 133 Å². The minimum Gasteiger partial charge on any atom is -0.309 e. The number of fused-ring (bicyclic) bond motifs is 7. The highest BCUT2D eigenvalue weighted by Gasteiger charge is 2.19. The molecule has 0 aliphatic heterocycles. The Hall–Kier alpha value is -9.64. The zero-order chi connectivity index (χ0) is 47.5. The lowest BCUT2D eigenvalue weighted by molar-refractivity contribution is 1.18. The monoisotopic (exact) mass is 916 g/mol. The molecule has 0 unspecified atom stereocenters. The summed E-state index contributed by atoms with van der Waals surface area (Å²) < 4.78 is 4.73. The van der Waals surface area contributed by atoms with Gasteiger partial charge >= 0.3 is 0 Å². The van der Waals surface area contributed by atoms with Crippen molar-refractivity contribution in [2.24, 2.45) is 0 Å². The molecule has 0 radical (unpaired) electrons. The van der Waals surface area contributed by atoms with E-state index in [1.54, 1.807) is 0 Å². The summed E-state index contributed by atoms with van der Waals surface area (Å²) in [5, 5.41) is 5.93. The number of hydrogen-bond acceptors (Lipinski definition) is 2. The van der Waals surface area contributed by atoms with E-state index >= 15 is 0 Å². The molecule has 0 bridgehead atoms. The highest BCUT2D eigenvalue weighted by Crippen LogP contribution is 2.41. The van der Waals surface area contributed by atoms with Gasteiger partial charge in [-0.1, -0.05) is 170 Å². The number of nitrogens with zero attached hydrogens (tertiary/aromatic N) is 4. The van der Waals surface area contributed by atoms with Crippen LogP contribution in [0.3, 0.4) is 0 Å².